The summed E-state index contributed by atoms with van der Waals surface area (Å²) in [6, 6.07) is 13.0. The fraction of sp³-hybridized carbons (Fsp3) is 0.280. The number of pyridine rings is 1. The van der Waals surface area contributed by atoms with Gasteiger partial charge in [-0.25, -0.2) is 0 Å². The quantitative estimate of drug-likeness (QED) is 0.462. The molecule has 0 spiro atoms. The van der Waals surface area contributed by atoms with Crippen LogP contribution in [0.4, 0.5) is 0 Å². The fourth-order valence-electron chi connectivity index (χ4n) is 4.09. The van der Waals surface area contributed by atoms with Gasteiger partial charge in [0.25, 0.3) is 5.91 Å². The predicted molar refractivity (Wildman–Crippen MR) is 121 cm³/mol. The second kappa shape index (κ2) is 8.51. The Morgan fingerprint density at radius 3 is 2.81 bits per heavy atom. The number of fused-ring (bicyclic) bond motifs is 2. The molecule has 1 fully saturated rings. The molecule has 1 atom stereocenters. The predicted octanol–water partition coefficient (Wildman–Crippen LogP) is 5.00. The lowest BCUT2D eigenvalue weighted by molar-refractivity contribution is 0.0857. The highest BCUT2D eigenvalue weighted by Crippen LogP contribution is 2.34. The second-order valence-corrected chi connectivity index (χ2v) is 7.83. The third kappa shape index (κ3) is 3.87. The zero-order valence-corrected chi connectivity index (χ0v) is 18.0. The van der Waals surface area contributed by atoms with Crippen LogP contribution in [0.25, 0.3) is 21.9 Å². The maximum atomic E-state index is 12.8. The molecule has 1 N–H and O–H groups in total. The number of ether oxygens (including phenoxy) is 3. The molecule has 164 valence electrons. The summed E-state index contributed by atoms with van der Waals surface area (Å²) < 4.78 is 22.9. The molecule has 1 amide bonds. The molecule has 1 aliphatic rings. The van der Waals surface area contributed by atoms with Crippen LogP contribution in [-0.2, 0) is 4.74 Å². The van der Waals surface area contributed by atoms with Gasteiger partial charge >= 0.3 is 0 Å². The first-order chi connectivity index (χ1) is 15.6. The van der Waals surface area contributed by atoms with Crippen molar-refractivity contribution >= 4 is 27.8 Å². The van der Waals surface area contributed by atoms with Crippen molar-refractivity contribution in [1.29, 1.82) is 0 Å². The fourth-order valence-corrected chi connectivity index (χ4v) is 4.09. The van der Waals surface area contributed by atoms with Crippen LogP contribution in [0.15, 0.2) is 53.1 Å². The molecule has 2 aromatic carbocycles. The molecule has 0 saturated carbocycles. The largest absolute Gasteiger partial charge is 0.497 e. The normalized spacial score (nSPS) is 15.9. The van der Waals surface area contributed by atoms with Crippen molar-refractivity contribution in [3.63, 3.8) is 0 Å². The summed E-state index contributed by atoms with van der Waals surface area (Å²) in [5.41, 5.74) is 1.93. The number of benzene rings is 2. The van der Waals surface area contributed by atoms with Crippen LogP contribution in [-0.4, -0.2) is 37.3 Å². The Labute approximate surface area is 185 Å². The summed E-state index contributed by atoms with van der Waals surface area (Å²) in [6.07, 6.45) is 3.80. The van der Waals surface area contributed by atoms with Crippen molar-refractivity contribution in [3.05, 3.63) is 60.0 Å². The Morgan fingerprint density at radius 2 is 2.00 bits per heavy atom. The first-order valence-corrected chi connectivity index (χ1v) is 10.7. The summed E-state index contributed by atoms with van der Waals surface area (Å²) in [6.45, 7) is 3.06. The van der Waals surface area contributed by atoms with Gasteiger partial charge in [0.1, 0.15) is 28.6 Å². The van der Waals surface area contributed by atoms with Crippen molar-refractivity contribution in [3.8, 4) is 17.2 Å². The van der Waals surface area contributed by atoms with Crippen LogP contribution in [0.3, 0.4) is 0 Å². The first-order valence-electron chi connectivity index (χ1n) is 10.7. The van der Waals surface area contributed by atoms with Crippen LogP contribution >= 0.6 is 0 Å². The van der Waals surface area contributed by atoms with E-state index in [-0.39, 0.29) is 12.0 Å². The minimum atomic E-state index is -0.153. The molecule has 32 heavy (non-hydrogen) atoms. The summed E-state index contributed by atoms with van der Waals surface area (Å²) in [5.74, 6) is 2.44. The highest BCUT2D eigenvalue weighted by Gasteiger charge is 2.21. The molecule has 7 heteroatoms. The van der Waals surface area contributed by atoms with E-state index in [0.717, 1.165) is 41.5 Å². The number of rotatable bonds is 6. The maximum absolute atomic E-state index is 12.8. The number of aryl methyl sites for hydroxylation is 1. The zero-order valence-electron chi connectivity index (χ0n) is 18.0. The number of aromatic nitrogens is 1. The molecule has 0 aliphatic carbocycles. The van der Waals surface area contributed by atoms with Gasteiger partial charge in [-0.05, 0) is 50.1 Å². The summed E-state index contributed by atoms with van der Waals surface area (Å²) in [5, 5.41) is 4.60. The van der Waals surface area contributed by atoms with E-state index in [4.69, 9.17) is 18.6 Å². The number of amides is 1. The average molecular weight is 432 g/mol. The number of methoxy groups -OCH3 is 1. The van der Waals surface area contributed by atoms with Crippen molar-refractivity contribution in [2.75, 3.05) is 20.3 Å². The van der Waals surface area contributed by atoms with Crippen molar-refractivity contribution in [1.82, 2.24) is 10.3 Å². The van der Waals surface area contributed by atoms with Gasteiger partial charge in [0.15, 0.2) is 0 Å². The Morgan fingerprint density at radius 1 is 1.16 bits per heavy atom. The molecule has 5 rings (SSSR count). The number of hydrogen-bond acceptors (Lipinski definition) is 6. The molecule has 7 nitrogen and oxygen atoms in total. The van der Waals surface area contributed by atoms with Gasteiger partial charge in [-0.2, -0.15) is 0 Å². The molecular formula is C25H24N2O5. The van der Waals surface area contributed by atoms with Gasteiger partial charge in [-0.1, -0.05) is 0 Å². The molecule has 0 bridgehead atoms. The molecule has 1 saturated heterocycles. The summed E-state index contributed by atoms with van der Waals surface area (Å²) >= 11 is 0. The molecular weight excluding hydrogens is 408 g/mol. The number of carbonyl (C=O) groups is 1. The van der Waals surface area contributed by atoms with Crippen molar-refractivity contribution < 1.29 is 23.4 Å². The molecule has 3 heterocycles. The summed E-state index contributed by atoms with van der Waals surface area (Å²) in [7, 11) is 1.62. The standard InChI is InChI=1S/C25H24N2O5/c1-15-24(25(28)27-14-18-4-3-11-30-18)20-8-6-17(13-23(20)31-15)32-22-9-10-26-21-12-16(29-2)5-7-19(21)22/h5-10,12-13,18H,3-4,11,14H2,1-2H3,(H,27,28). The lowest BCUT2D eigenvalue weighted by Crippen LogP contribution is -2.31. The minimum absolute atomic E-state index is 0.0903. The smallest absolute Gasteiger partial charge is 0.255 e. The third-order valence-electron chi connectivity index (χ3n) is 5.72. The number of nitrogens with one attached hydrogen (secondary N) is 1. The molecule has 1 aliphatic heterocycles. The van der Waals surface area contributed by atoms with Crippen LogP contribution in [0.5, 0.6) is 17.2 Å². The number of hydrogen-bond donors (Lipinski definition) is 1. The van der Waals surface area contributed by atoms with E-state index in [1.54, 1.807) is 26.3 Å². The van der Waals surface area contributed by atoms with E-state index < -0.39 is 0 Å². The first kappa shape index (κ1) is 20.3. The van der Waals surface area contributed by atoms with Gasteiger partial charge in [0, 0.05) is 42.3 Å². The lowest BCUT2D eigenvalue weighted by Gasteiger charge is -2.11. The van der Waals surface area contributed by atoms with Gasteiger partial charge in [-0.15, -0.1) is 0 Å². The highest BCUT2D eigenvalue weighted by atomic mass is 16.5. The summed E-state index contributed by atoms with van der Waals surface area (Å²) in [4.78, 5) is 17.2. The van der Waals surface area contributed by atoms with Gasteiger partial charge in [0.05, 0.1) is 24.3 Å². The average Bonchev–Trinajstić information content (AvgIpc) is 3.44. The van der Waals surface area contributed by atoms with Crippen molar-refractivity contribution in [2.45, 2.75) is 25.9 Å². The SMILES string of the molecule is COc1ccc2c(Oc3ccc4c(C(=O)NCC5CCCO5)c(C)oc4c3)ccnc2c1. The van der Waals surface area contributed by atoms with Crippen molar-refractivity contribution in [2.24, 2.45) is 0 Å². The lowest BCUT2D eigenvalue weighted by atomic mass is 10.1. The molecule has 1 unspecified atom stereocenters. The van der Waals surface area contributed by atoms with Crippen LogP contribution in [0.2, 0.25) is 0 Å². The molecule has 0 radical (unpaired) electrons. The molecule has 4 aromatic rings. The van der Waals surface area contributed by atoms with Crippen LogP contribution in [0, 0.1) is 6.92 Å². The third-order valence-corrected chi connectivity index (χ3v) is 5.72. The van der Waals surface area contributed by atoms with E-state index in [2.05, 4.69) is 10.3 Å². The monoisotopic (exact) mass is 432 g/mol. The topological polar surface area (TPSA) is 82.8 Å². The van der Waals surface area contributed by atoms with Gasteiger partial charge in [-0.3, -0.25) is 9.78 Å². The van der Waals surface area contributed by atoms with E-state index in [9.17, 15) is 4.79 Å². The number of nitrogens with zero attached hydrogens (tertiary/aromatic N) is 1. The number of carbonyl (C=O) groups excluding carboxylic acids is 1. The zero-order chi connectivity index (χ0) is 22.1. The maximum Gasteiger partial charge on any atom is 0.255 e. The minimum Gasteiger partial charge on any atom is -0.497 e. The van der Waals surface area contributed by atoms with Gasteiger partial charge < -0.3 is 23.9 Å². The Balaban J connectivity index is 1.40. The molecule has 2 aromatic heterocycles. The van der Waals surface area contributed by atoms with Crippen LogP contribution < -0.4 is 14.8 Å². The Hall–Kier alpha value is -3.58. The Bertz CT molecular complexity index is 1290. The van der Waals surface area contributed by atoms with E-state index in [1.807, 2.05) is 36.4 Å². The van der Waals surface area contributed by atoms with E-state index >= 15 is 0 Å². The second-order valence-electron chi connectivity index (χ2n) is 7.83. The highest BCUT2D eigenvalue weighted by molar-refractivity contribution is 6.07. The van der Waals surface area contributed by atoms with E-state index in [0.29, 0.717) is 35.0 Å². The van der Waals surface area contributed by atoms with Gasteiger partial charge in [0.2, 0.25) is 0 Å². The number of furan rings is 1. The van der Waals surface area contributed by atoms with Crippen LogP contribution in [0.1, 0.15) is 29.0 Å². The Kier molecular flexibility index (Phi) is 5.41. The van der Waals surface area contributed by atoms with E-state index in [1.165, 1.54) is 0 Å².